The van der Waals surface area contributed by atoms with Crippen LogP contribution in [0, 0.1) is 0 Å². The molecular formula is C10H10BrClF2O. The number of halogens is 4. The van der Waals surface area contributed by atoms with Crippen molar-refractivity contribution in [3.63, 3.8) is 0 Å². The Labute approximate surface area is 101 Å². The molecule has 0 unspecified atom stereocenters. The van der Waals surface area contributed by atoms with Gasteiger partial charge in [-0.15, -0.1) is 0 Å². The molecule has 5 heteroatoms. The highest BCUT2D eigenvalue weighted by Gasteiger charge is 2.06. The number of aryl methyl sites for hydroxylation is 1. The molecule has 0 radical (unpaired) electrons. The second kappa shape index (κ2) is 6.28. The fourth-order valence-electron chi connectivity index (χ4n) is 1.21. The molecule has 0 saturated heterocycles. The highest BCUT2D eigenvalue weighted by atomic mass is 79.9. The molecule has 0 heterocycles. The standard InChI is InChI=1S/C10H10BrClF2O/c11-3-1-2-7-4-8(12)6-9(5-7)15-10(13)14/h4-6,10H,1-3H2. The molecule has 1 nitrogen and oxygen atoms in total. The van der Waals surface area contributed by atoms with Crippen molar-refractivity contribution >= 4 is 27.5 Å². The van der Waals surface area contributed by atoms with Crippen LogP contribution in [0.4, 0.5) is 8.78 Å². The zero-order chi connectivity index (χ0) is 11.3. The molecule has 0 N–H and O–H groups in total. The quantitative estimate of drug-likeness (QED) is 0.738. The predicted octanol–water partition coefficient (Wildman–Crippen LogP) is 4.27. The van der Waals surface area contributed by atoms with Crippen LogP contribution < -0.4 is 4.74 Å². The van der Waals surface area contributed by atoms with Crippen molar-refractivity contribution < 1.29 is 13.5 Å². The second-order valence-corrected chi connectivity index (χ2v) is 4.20. The Morgan fingerprint density at radius 2 is 2.07 bits per heavy atom. The maximum Gasteiger partial charge on any atom is 0.387 e. The lowest BCUT2D eigenvalue weighted by molar-refractivity contribution is -0.0498. The minimum atomic E-state index is -2.81. The van der Waals surface area contributed by atoms with Gasteiger partial charge in [-0.25, -0.2) is 0 Å². The fourth-order valence-corrected chi connectivity index (χ4v) is 1.73. The van der Waals surface area contributed by atoms with Crippen molar-refractivity contribution in [1.29, 1.82) is 0 Å². The maximum atomic E-state index is 12.0. The summed E-state index contributed by atoms with van der Waals surface area (Å²) in [4.78, 5) is 0. The monoisotopic (exact) mass is 298 g/mol. The van der Waals surface area contributed by atoms with Crippen molar-refractivity contribution in [1.82, 2.24) is 0 Å². The van der Waals surface area contributed by atoms with Gasteiger partial charge in [-0.05, 0) is 36.6 Å². The van der Waals surface area contributed by atoms with Crippen molar-refractivity contribution in [3.8, 4) is 5.75 Å². The molecule has 1 rings (SSSR count). The number of ether oxygens (including phenoxy) is 1. The van der Waals surface area contributed by atoms with Crippen molar-refractivity contribution in [3.05, 3.63) is 28.8 Å². The lowest BCUT2D eigenvalue weighted by Gasteiger charge is -2.07. The molecule has 1 aromatic carbocycles. The van der Waals surface area contributed by atoms with Crippen molar-refractivity contribution in [2.24, 2.45) is 0 Å². The van der Waals surface area contributed by atoms with Gasteiger partial charge < -0.3 is 4.74 Å². The summed E-state index contributed by atoms with van der Waals surface area (Å²) < 4.78 is 28.2. The average molecular weight is 300 g/mol. The number of hydrogen-bond acceptors (Lipinski definition) is 1. The minimum Gasteiger partial charge on any atom is -0.435 e. The topological polar surface area (TPSA) is 9.23 Å². The van der Waals surface area contributed by atoms with Crippen LogP contribution in [0.2, 0.25) is 5.02 Å². The van der Waals surface area contributed by atoms with E-state index < -0.39 is 6.61 Å². The molecule has 0 aliphatic heterocycles. The van der Waals surface area contributed by atoms with E-state index in [1.807, 2.05) is 0 Å². The molecule has 1 aromatic rings. The van der Waals surface area contributed by atoms with Gasteiger partial charge in [-0.1, -0.05) is 27.5 Å². The number of benzene rings is 1. The van der Waals surface area contributed by atoms with Gasteiger partial charge in [0.25, 0.3) is 0 Å². The van der Waals surface area contributed by atoms with E-state index in [0.717, 1.165) is 23.7 Å². The van der Waals surface area contributed by atoms with E-state index in [1.54, 1.807) is 12.1 Å². The molecule has 0 aliphatic carbocycles. The number of alkyl halides is 3. The van der Waals surface area contributed by atoms with E-state index in [2.05, 4.69) is 20.7 Å². The Hall–Kier alpha value is -0.350. The predicted molar refractivity (Wildman–Crippen MR) is 60.2 cm³/mol. The van der Waals surface area contributed by atoms with Gasteiger partial charge in [0.05, 0.1) is 0 Å². The first-order valence-electron chi connectivity index (χ1n) is 4.42. The lowest BCUT2D eigenvalue weighted by Crippen LogP contribution is -2.02. The first-order valence-corrected chi connectivity index (χ1v) is 5.92. The maximum absolute atomic E-state index is 12.0. The second-order valence-electron chi connectivity index (χ2n) is 2.97. The summed E-state index contributed by atoms with van der Waals surface area (Å²) in [6.07, 6.45) is 1.71. The summed E-state index contributed by atoms with van der Waals surface area (Å²) in [6, 6.07) is 4.72. The summed E-state index contributed by atoms with van der Waals surface area (Å²) in [5.74, 6) is 0.113. The van der Waals surface area contributed by atoms with E-state index >= 15 is 0 Å². The smallest absolute Gasteiger partial charge is 0.387 e. The largest absolute Gasteiger partial charge is 0.435 e. The third kappa shape index (κ3) is 4.80. The van der Waals surface area contributed by atoms with Crippen LogP contribution in [-0.2, 0) is 6.42 Å². The summed E-state index contributed by atoms with van der Waals surface area (Å²) >= 11 is 9.08. The molecule has 15 heavy (non-hydrogen) atoms. The molecule has 0 aromatic heterocycles. The first kappa shape index (κ1) is 12.7. The van der Waals surface area contributed by atoms with Crippen molar-refractivity contribution in [2.75, 3.05) is 5.33 Å². The van der Waals surface area contributed by atoms with Crippen LogP contribution in [-0.4, -0.2) is 11.9 Å². The lowest BCUT2D eigenvalue weighted by atomic mass is 10.1. The van der Waals surface area contributed by atoms with Crippen LogP contribution in [0.5, 0.6) is 5.75 Å². The van der Waals surface area contributed by atoms with E-state index in [0.29, 0.717) is 5.02 Å². The molecule has 0 spiro atoms. The summed E-state index contributed by atoms with van der Waals surface area (Å²) in [7, 11) is 0. The Balaban J connectivity index is 2.75. The number of rotatable bonds is 5. The Morgan fingerprint density at radius 1 is 1.33 bits per heavy atom. The molecular weight excluding hydrogens is 289 g/mol. The zero-order valence-corrected chi connectivity index (χ0v) is 10.2. The molecule has 0 aliphatic rings. The van der Waals surface area contributed by atoms with Gasteiger partial charge in [0.15, 0.2) is 0 Å². The Morgan fingerprint density at radius 3 is 2.67 bits per heavy atom. The van der Waals surface area contributed by atoms with Gasteiger partial charge in [-0.2, -0.15) is 8.78 Å². The third-order valence-electron chi connectivity index (χ3n) is 1.76. The van der Waals surface area contributed by atoms with Crippen LogP contribution in [0.25, 0.3) is 0 Å². The minimum absolute atomic E-state index is 0.113. The SMILES string of the molecule is FC(F)Oc1cc(Cl)cc(CCCBr)c1. The highest BCUT2D eigenvalue weighted by Crippen LogP contribution is 2.23. The summed E-state index contributed by atoms with van der Waals surface area (Å²) in [5, 5.41) is 1.28. The molecule has 0 amide bonds. The molecule has 0 saturated carbocycles. The molecule has 0 atom stereocenters. The van der Waals surface area contributed by atoms with Crippen LogP contribution in [0.1, 0.15) is 12.0 Å². The summed E-state index contributed by atoms with van der Waals surface area (Å²) in [5.41, 5.74) is 0.901. The molecule has 0 bridgehead atoms. The number of hydrogen-bond donors (Lipinski definition) is 0. The normalized spacial score (nSPS) is 10.7. The third-order valence-corrected chi connectivity index (χ3v) is 2.53. The van der Waals surface area contributed by atoms with E-state index in [-0.39, 0.29) is 5.75 Å². The van der Waals surface area contributed by atoms with Gasteiger partial charge >= 0.3 is 6.61 Å². The average Bonchev–Trinajstić information content (AvgIpc) is 2.12. The highest BCUT2D eigenvalue weighted by molar-refractivity contribution is 9.09. The van der Waals surface area contributed by atoms with Gasteiger partial charge in [0.1, 0.15) is 5.75 Å². The van der Waals surface area contributed by atoms with Crippen LogP contribution in [0.15, 0.2) is 18.2 Å². The van der Waals surface area contributed by atoms with Gasteiger partial charge in [0, 0.05) is 10.4 Å². The van der Waals surface area contributed by atoms with E-state index in [1.165, 1.54) is 6.07 Å². The van der Waals surface area contributed by atoms with Crippen LogP contribution in [0.3, 0.4) is 0 Å². The van der Waals surface area contributed by atoms with Gasteiger partial charge in [0.2, 0.25) is 0 Å². The first-order chi connectivity index (χ1) is 7.11. The van der Waals surface area contributed by atoms with E-state index in [9.17, 15) is 8.78 Å². The Bertz CT molecular complexity index is 320. The van der Waals surface area contributed by atoms with Crippen LogP contribution >= 0.6 is 27.5 Å². The molecule has 0 fully saturated rings. The van der Waals surface area contributed by atoms with E-state index in [4.69, 9.17) is 11.6 Å². The van der Waals surface area contributed by atoms with Gasteiger partial charge in [-0.3, -0.25) is 0 Å². The Kier molecular flexibility index (Phi) is 5.32. The molecule has 84 valence electrons. The van der Waals surface area contributed by atoms with Crippen molar-refractivity contribution in [2.45, 2.75) is 19.5 Å². The fraction of sp³-hybridized carbons (Fsp3) is 0.400. The summed E-state index contributed by atoms with van der Waals surface area (Å²) in [6.45, 7) is -2.81. The zero-order valence-electron chi connectivity index (χ0n) is 7.85.